The number of nitrogens with zero attached hydrogens (tertiary/aromatic N) is 1. The van der Waals surface area contributed by atoms with Crippen LogP contribution in [0.3, 0.4) is 0 Å². The molecule has 4 nitrogen and oxygen atoms in total. The minimum absolute atomic E-state index is 0.281. The van der Waals surface area contributed by atoms with Crippen LogP contribution in [0.2, 0.25) is 0 Å². The highest BCUT2D eigenvalue weighted by molar-refractivity contribution is 5.29. The molecule has 0 spiro atoms. The molecule has 0 aliphatic rings. The van der Waals surface area contributed by atoms with E-state index in [2.05, 4.69) is 21.1 Å². The number of carbonyl (C=O) groups excluding carboxylic acids is 1. The molecule has 0 heterocycles. The summed E-state index contributed by atoms with van der Waals surface area (Å²) in [5.74, 6) is 0. The van der Waals surface area contributed by atoms with Gasteiger partial charge in [-0.1, -0.05) is 0 Å². The third-order valence-corrected chi connectivity index (χ3v) is 0.771. The number of hydrogen-bond acceptors (Lipinski definition) is 3. The predicted octanol–water partition coefficient (Wildman–Crippen LogP) is -1.95. The molecule has 1 N–H and O–H groups in total. The number of carboxylic acid groups (broad SMARTS) is 1. The van der Waals surface area contributed by atoms with E-state index in [0.29, 0.717) is 0 Å². The van der Waals surface area contributed by atoms with Crippen LogP contribution in [0.1, 0.15) is 0 Å². The molecule has 0 aliphatic carbocycles. The first-order valence-electron chi connectivity index (χ1n) is 2.95. The van der Waals surface area contributed by atoms with Crippen LogP contribution in [0.25, 0.3) is 0 Å². The Morgan fingerprint density at radius 3 is 1.80 bits per heavy atom. The van der Waals surface area contributed by atoms with E-state index in [9.17, 15) is 0 Å². The molecule has 0 atom stereocenters. The summed E-state index contributed by atoms with van der Waals surface area (Å²) in [6.45, 7) is 0.615. The van der Waals surface area contributed by atoms with Gasteiger partial charge in [0.1, 0.15) is 6.54 Å². The normalized spacial score (nSPS) is 9.60. The second-order valence-corrected chi connectivity index (χ2v) is 2.83. The maximum atomic E-state index is 8.39. The van der Waals surface area contributed by atoms with Crippen LogP contribution in [0.15, 0.2) is 0 Å². The first-order chi connectivity index (χ1) is 4.47. The van der Waals surface area contributed by atoms with Gasteiger partial charge >= 0.3 is 0 Å². The van der Waals surface area contributed by atoms with Crippen molar-refractivity contribution < 1.29 is 19.5 Å². The third-order valence-electron chi connectivity index (χ3n) is 0.771. The summed E-state index contributed by atoms with van der Waals surface area (Å²) in [4.78, 5) is 8.25. The van der Waals surface area contributed by atoms with Crippen molar-refractivity contribution in [1.29, 1.82) is 0 Å². The fourth-order valence-corrected chi connectivity index (χ4v) is 0.300. The van der Waals surface area contributed by atoms with Gasteiger partial charge in [0.2, 0.25) is 0 Å². The number of hydrogen-bond donors (Lipinski definition) is 1. The first-order valence-corrected chi connectivity index (χ1v) is 2.95. The lowest BCUT2D eigenvalue weighted by molar-refractivity contribution is -0.870. The van der Waals surface area contributed by atoms with E-state index in [0.717, 1.165) is 11.0 Å². The first kappa shape index (κ1) is 12.1. The molecule has 0 aromatic rings. The summed E-state index contributed by atoms with van der Waals surface area (Å²) in [6.07, 6.45) is 0. The minimum Gasteiger partial charge on any atom is -0.554 e. The standard InChI is InChI=1S/C5H14NO.CH2O2/c1-6(2,3)4-5-7;2-1-3/h7H,4-5H2,1-3H3;1H,(H,2,3)/q+1;/p-1. The molecule has 4 heteroatoms. The zero-order valence-electron chi connectivity index (χ0n) is 6.70. The number of quaternary nitrogens is 1. The van der Waals surface area contributed by atoms with E-state index >= 15 is 0 Å². The van der Waals surface area contributed by atoms with E-state index in [1.54, 1.807) is 0 Å². The van der Waals surface area contributed by atoms with Crippen LogP contribution in [-0.2, 0) is 4.79 Å². The summed E-state index contributed by atoms with van der Waals surface area (Å²) in [7, 11) is 6.16. The van der Waals surface area contributed by atoms with Crippen molar-refractivity contribution in [2.45, 2.75) is 0 Å². The van der Waals surface area contributed by atoms with Gasteiger partial charge in [-0.05, 0) is 0 Å². The zero-order valence-corrected chi connectivity index (χ0v) is 6.70. The fourth-order valence-electron chi connectivity index (χ4n) is 0.300. The van der Waals surface area contributed by atoms with E-state index in [-0.39, 0.29) is 6.61 Å². The molecule has 62 valence electrons. The Labute approximate surface area is 61.3 Å². The van der Waals surface area contributed by atoms with Crippen LogP contribution in [0.4, 0.5) is 0 Å². The highest BCUT2D eigenvalue weighted by Gasteiger charge is 2.02. The van der Waals surface area contributed by atoms with Gasteiger partial charge in [0, 0.05) is 6.47 Å². The summed E-state index contributed by atoms with van der Waals surface area (Å²) in [6, 6.07) is 0. The predicted molar refractivity (Wildman–Crippen MR) is 36.0 cm³/mol. The van der Waals surface area contributed by atoms with Crippen molar-refractivity contribution in [2.24, 2.45) is 0 Å². The Hall–Kier alpha value is -0.610. The molecule has 0 bridgehead atoms. The van der Waals surface area contributed by atoms with Crippen molar-refractivity contribution in [3.8, 4) is 0 Å². The minimum atomic E-state index is -0.500. The number of carbonyl (C=O) groups is 1. The second kappa shape index (κ2) is 6.51. The lowest BCUT2D eigenvalue weighted by atomic mass is 10.5. The summed E-state index contributed by atoms with van der Waals surface area (Å²) >= 11 is 0. The summed E-state index contributed by atoms with van der Waals surface area (Å²) < 4.78 is 0.844. The monoisotopic (exact) mass is 149 g/mol. The number of likely N-dealkylation sites (N-methyl/N-ethyl adjacent to an activating group) is 1. The molecule has 0 aromatic carbocycles. The molecule has 0 saturated heterocycles. The Morgan fingerprint density at radius 1 is 1.50 bits per heavy atom. The maximum Gasteiger partial charge on any atom is 0.101 e. The molecule has 0 aromatic heterocycles. The molecule has 0 unspecified atom stereocenters. The number of aliphatic hydroxyl groups excluding tert-OH is 1. The molecule has 0 fully saturated rings. The Balaban J connectivity index is 0. The van der Waals surface area contributed by atoms with Gasteiger partial charge < -0.3 is 19.5 Å². The van der Waals surface area contributed by atoms with Gasteiger partial charge in [0.15, 0.2) is 0 Å². The molecular formula is C6H15NO3. The molecule has 0 amide bonds. The second-order valence-electron chi connectivity index (χ2n) is 2.83. The van der Waals surface area contributed by atoms with Crippen molar-refractivity contribution in [2.75, 3.05) is 34.3 Å². The van der Waals surface area contributed by atoms with Crippen LogP contribution < -0.4 is 5.11 Å². The molecular weight excluding hydrogens is 134 g/mol. The Bertz CT molecular complexity index is 77.6. The maximum absolute atomic E-state index is 8.39. The lowest BCUT2D eigenvalue weighted by Gasteiger charge is -2.21. The van der Waals surface area contributed by atoms with Gasteiger partial charge in [0.05, 0.1) is 27.7 Å². The van der Waals surface area contributed by atoms with Crippen LogP contribution in [0, 0.1) is 0 Å². The SMILES string of the molecule is C[N+](C)(C)CCO.O=C[O-]. The Kier molecular flexibility index (Phi) is 7.88. The van der Waals surface area contributed by atoms with Crippen molar-refractivity contribution in [3.63, 3.8) is 0 Å². The Morgan fingerprint density at radius 2 is 1.80 bits per heavy atom. The van der Waals surface area contributed by atoms with Crippen molar-refractivity contribution in [3.05, 3.63) is 0 Å². The molecule has 0 saturated carbocycles. The average Bonchev–Trinajstić information content (AvgIpc) is 1.63. The van der Waals surface area contributed by atoms with Gasteiger partial charge in [-0.3, -0.25) is 0 Å². The highest BCUT2D eigenvalue weighted by atomic mass is 16.3. The number of aliphatic hydroxyl groups is 1. The highest BCUT2D eigenvalue weighted by Crippen LogP contribution is 1.84. The van der Waals surface area contributed by atoms with E-state index < -0.39 is 6.47 Å². The van der Waals surface area contributed by atoms with Gasteiger partial charge in [-0.25, -0.2) is 0 Å². The van der Waals surface area contributed by atoms with E-state index in [1.807, 2.05) is 0 Å². The largest absolute Gasteiger partial charge is 0.554 e. The van der Waals surface area contributed by atoms with Crippen LogP contribution >= 0.6 is 0 Å². The summed E-state index contributed by atoms with van der Waals surface area (Å²) in [5, 5.41) is 16.6. The number of rotatable bonds is 2. The van der Waals surface area contributed by atoms with Gasteiger partial charge in [0.25, 0.3) is 0 Å². The van der Waals surface area contributed by atoms with Crippen LogP contribution in [0.5, 0.6) is 0 Å². The lowest BCUT2D eigenvalue weighted by Crippen LogP contribution is -2.36. The van der Waals surface area contributed by atoms with Gasteiger partial charge in [-0.2, -0.15) is 0 Å². The van der Waals surface area contributed by atoms with Gasteiger partial charge in [-0.15, -0.1) is 0 Å². The van der Waals surface area contributed by atoms with E-state index in [4.69, 9.17) is 15.0 Å². The molecule has 0 radical (unpaired) electrons. The molecule has 0 aliphatic heterocycles. The molecule has 10 heavy (non-hydrogen) atoms. The van der Waals surface area contributed by atoms with Crippen molar-refractivity contribution in [1.82, 2.24) is 0 Å². The third kappa shape index (κ3) is 26.3. The van der Waals surface area contributed by atoms with Crippen LogP contribution in [-0.4, -0.2) is 50.4 Å². The topological polar surface area (TPSA) is 60.4 Å². The van der Waals surface area contributed by atoms with Crippen molar-refractivity contribution >= 4 is 6.47 Å². The summed E-state index contributed by atoms with van der Waals surface area (Å²) in [5.41, 5.74) is 0. The zero-order chi connectivity index (χ0) is 8.62. The average molecular weight is 149 g/mol. The molecule has 0 rings (SSSR count). The fraction of sp³-hybridized carbons (Fsp3) is 0.833. The smallest absolute Gasteiger partial charge is 0.101 e. The van der Waals surface area contributed by atoms with E-state index in [1.165, 1.54) is 0 Å². The quantitative estimate of drug-likeness (QED) is 0.367.